The smallest absolute Gasteiger partial charge is 0.0613 e. The van der Waals surface area contributed by atoms with Crippen molar-refractivity contribution in [3.05, 3.63) is 0 Å². The van der Waals surface area contributed by atoms with Crippen molar-refractivity contribution in [2.45, 2.75) is 38.8 Å². The minimum absolute atomic E-state index is 0.470. The van der Waals surface area contributed by atoms with Crippen LogP contribution in [-0.2, 0) is 4.74 Å². The number of likely N-dealkylation sites (N-methyl/N-ethyl adjacent to an activating group) is 1. The van der Waals surface area contributed by atoms with E-state index in [4.69, 9.17) is 4.74 Å². The topological polar surface area (TPSA) is 24.5 Å². The highest BCUT2D eigenvalue weighted by Gasteiger charge is 2.27. The van der Waals surface area contributed by atoms with Crippen LogP contribution in [0.15, 0.2) is 0 Å². The summed E-state index contributed by atoms with van der Waals surface area (Å²) in [6.45, 7) is 8.65. The van der Waals surface area contributed by atoms with Crippen molar-refractivity contribution < 1.29 is 4.74 Å². The molecule has 1 aliphatic carbocycles. The summed E-state index contributed by atoms with van der Waals surface area (Å²) < 4.78 is 5.07. The molecule has 3 nitrogen and oxygen atoms in total. The molecule has 14 heavy (non-hydrogen) atoms. The van der Waals surface area contributed by atoms with E-state index in [1.807, 2.05) is 0 Å². The average Bonchev–Trinajstić information content (AvgIpc) is 2.96. The zero-order valence-corrected chi connectivity index (χ0v) is 9.75. The van der Waals surface area contributed by atoms with Gasteiger partial charge in [-0.25, -0.2) is 0 Å². The molecular formula is C11H24N2O. The maximum absolute atomic E-state index is 5.07. The number of nitrogens with one attached hydrogen (secondary N) is 1. The first-order valence-electron chi connectivity index (χ1n) is 5.74. The predicted molar refractivity (Wildman–Crippen MR) is 59.6 cm³/mol. The van der Waals surface area contributed by atoms with Crippen LogP contribution in [0.3, 0.4) is 0 Å². The van der Waals surface area contributed by atoms with Crippen molar-refractivity contribution in [2.24, 2.45) is 0 Å². The third-order valence-corrected chi connectivity index (χ3v) is 2.78. The SMILES string of the molecule is CCN(CCNC(C)COC)C1CC1. The molecule has 0 heterocycles. The van der Waals surface area contributed by atoms with E-state index in [0.29, 0.717) is 6.04 Å². The number of ether oxygens (including phenoxy) is 1. The Morgan fingerprint density at radius 3 is 2.71 bits per heavy atom. The monoisotopic (exact) mass is 200 g/mol. The van der Waals surface area contributed by atoms with E-state index in [1.54, 1.807) is 7.11 Å². The first kappa shape index (κ1) is 12.0. The standard InChI is InChI=1S/C11H24N2O/c1-4-13(11-5-6-11)8-7-12-10(2)9-14-3/h10-12H,4-9H2,1-3H3. The van der Waals surface area contributed by atoms with Gasteiger partial charge in [-0.05, 0) is 26.3 Å². The average molecular weight is 200 g/mol. The van der Waals surface area contributed by atoms with E-state index in [9.17, 15) is 0 Å². The quantitative estimate of drug-likeness (QED) is 0.635. The fourth-order valence-corrected chi connectivity index (χ4v) is 1.80. The summed E-state index contributed by atoms with van der Waals surface area (Å²) in [5, 5.41) is 3.46. The van der Waals surface area contributed by atoms with Gasteiger partial charge in [-0.15, -0.1) is 0 Å². The van der Waals surface area contributed by atoms with Gasteiger partial charge >= 0.3 is 0 Å². The van der Waals surface area contributed by atoms with Crippen LogP contribution >= 0.6 is 0 Å². The van der Waals surface area contributed by atoms with Gasteiger partial charge in [-0.1, -0.05) is 6.92 Å². The Morgan fingerprint density at radius 1 is 1.50 bits per heavy atom. The molecule has 1 unspecified atom stereocenters. The number of hydrogen-bond acceptors (Lipinski definition) is 3. The Bertz CT molecular complexity index is 148. The van der Waals surface area contributed by atoms with Crippen LogP contribution in [0.2, 0.25) is 0 Å². The Kier molecular flexibility index (Phi) is 5.45. The van der Waals surface area contributed by atoms with Crippen LogP contribution in [0.1, 0.15) is 26.7 Å². The summed E-state index contributed by atoms with van der Waals surface area (Å²) in [4.78, 5) is 2.56. The van der Waals surface area contributed by atoms with Gasteiger partial charge in [-0.3, -0.25) is 4.90 Å². The van der Waals surface area contributed by atoms with Gasteiger partial charge in [0.15, 0.2) is 0 Å². The zero-order chi connectivity index (χ0) is 10.4. The van der Waals surface area contributed by atoms with Gasteiger partial charge in [0.05, 0.1) is 6.61 Å². The highest BCUT2D eigenvalue weighted by Crippen LogP contribution is 2.25. The maximum atomic E-state index is 5.07. The second kappa shape index (κ2) is 6.38. The first-order chi connectivity index (χ1) is 6.77. The molecule has 1 aliphatic rings. The highest BCUT2D eigenvalue weighted by atomic mass is 16.5. The fraction of sp³-hybridized carbons (Fsp3) is 1.00. The summed E-state index contributed by atoms with van der Waals surface area (Å²) in [7, 11) is 1.75. The molecule has 1 rings (SSSR count). The van der Waals surface area contributed by atoms with Crippen LogP contribution in [0.25, 0.3) is 0 Å². The Labute approximate surface area is 87.8 Å². The largest absolute Gasteiger partial charge is 0.383 e. The van der Waals surface area contributed by atoms with Crippen molar-refractivity contribution in [1.82, 2.24) is 10.2 Å². The molecule has 0 amide bonds. The lowest BCUT2D eigenvalue weighted by Gasteiger charge is -2.21. The van der Waals surface area contributed by atoms with E-state index in [0.717, 1.165) is 19.2 Å². The third-order valence-electron chi connectivity index (χ3n) is 2.78. The summed E-state index contributed by atoms with van der Waals surface area (Å²) >= 11 is 0. The fourth-order valence-electron chi connectivity index (χ4n) is 1.80. The lowest BCUT2D eigenvalue weighted by Crippen LogP contribution is -2.38. The van der Waals surface area contributed by atoms with Crippen LogP contribution in [0.4, 0.5) is 0 Å². The van der Waals surface area contributed by atoms with Crippen molar-refractivity contribution in [2.75, 3.05) is 33.4 Å². The lowest BCUT2D eigenvalue weighted by molar-refractivity contribution is 0.169. The number of methoxy groups -OCH3 is 1. The lowest BCUT2D eigenvalue weighted by atomic mass is 10.3. The van der Waals surface area contributed by atoms with E-state index >= 15 is 0 Å². The highest BCUT2D eigenvalue weighted by molar-refractivity contribution is 4.84. The van der Waals surface area contributed by atoms with Gasteiger partial charge in [0.25, 0.3) is 0 Å². The van der Waals surface area contributed by atoms with E-state index in [1.165, 1.54) is 25.9 Å². The normalized spacial score (nSPS) is 18.9. The first-order valence-corrected chi connectivity index (χ1v) is 5.74. The van der Waals surface area contributed by atoms with Crippen molar-refractivity contribution in [3.63, 3.8) is 0 Å². The molecule has 3 heteroatoms. The van der Waals surface area contributed by atoms with E-state index < -0.39 is 0 Å². The second-order valence-electron chi connectivity index (χ2n) is 4.17. The number of hydrogen-bond donors (Lipinski definition) is 1. The summed E-state index contributed by atoms with van der Waals surface area (Å²) in [6, 6.07) is 1.36. The van der Waals surface area contributed by atoms with Crippen LogP contribution < -0.4 is 5.32 Å². The predicted octanol–water partition coefficient (Wildman–Crippen LogP) is 1.10. The molecule has 0 aromatic heterocycles. The maximum Gasteiger partial charge on any atom is 0.0613 e. The van der Waals surface area contributed by atoms with Crippen molar-refractivity contribution in [1.29, 1.82) is 0 Å². The van der Waals surface area contributed by atoms with Gasteiger partial charge in [-0.2, -0.15) is 0 Å². The Morgan fingerprint density at radius 2 is 2.21 bits per heavy atom. The third kappa shape index (κ3) is 4.40. The van der Waals surface area contributed by atoms with Crippen LogP contribution in [-0.4, -0.2) is 50.3 Å². The van der Waals surface area contributed by atoms with Crippen LogP contribution in [0.5, 0.6) is 0 Å². The molecule has 0 aromatic rings. The zero-order valence-electron chi connectivity index (χ0n) is 9.75. The molecule has 0 aromatic carbocycles. The van der Waals surface area contributed by atoms with Gasteiger partial charge < -0.3 is 10.1 Å². The Hall–Kier alpha value is -0.120. The summed E-state index contributed by atoms with van der Waals surface area (Å²) in [5.74, 6) is 0. The molecule has 0 aliphatic heterocycles. The molecule has 0 bridgehead atoms. The minimum atomic E-state index is 0.470. The molecule has 84 valence electrons. The molecule has 1 fully saturated rings. The Balaban J connectivity index is 2.00. The molecule has 1 saturated carbocycles. The number of rotatable bonds is 8. The van der Waals surface area contributed by atoms with Crippen LogP contribution in [0, 0.1) is 0 Å². The molecule has 0 saturated heterocycles. The summed E-state index contributed by atoms with van der Waals surface area (Å²) in [5.41, 5.74) is 0. The van der Waals surface area contributed by atoms with Crippen molar-refractivity contribution in [3.8, 4) is 0 Å². The van der Waals surface area contributed by atoms with E-state index in [-0.39, 0.29) is 0 Å². The van der Waals surface area contributed by atoms with Gasteiger partial charge in [0, 0.05) is 32.3 Å². The van der Waals surface area contributed by atoms with Crippen molar-refractivity contribution >= 4 is 0 Å². The van der Waals surface area contributed by atoms with Gasteiger partial charge in [0.2, 0.25) is 0 Å². The molecule has 1 N–H and O–H groups in total. The minimum Gasteiger partial charge on any atom is -0.383 e. The molecule has 0 radical (unpaired) electrons. The molecule has 0 spiro atoms. The molecular weight excluding hydrogens is 176 g/mol. The number of nitrogens with zero attached hydrogens (tertiary/aromatic N) is 1. The second-order valence-corrected chi connectivity index (χ2v) is 4.17. The van der Waals surface area contributed by atoms with E-state index in [2.05, 4.69) is 24.1 Å². The molecule has 1 atom stereocenters. The summed E-state index contributed by atoms with van der Waals surface area (Å²) in [6.07, 6.45) is 2.81. The van der Waals surface area contributed by atoms with Gasteiger partial charge in [0.1, 0.15) is 0 Å².